The summed E-state index contributed by atoms with van der Waals surface area (Å²) in [6, 6.07) is 12.4. The number of rotatable bonds is 1. The van der Waals surface area contributed by atoms with E-state index < -0.39 is 0 Å². The van der Waals surface area contributed by atoms with E-state index in [1.54, 1.807) is 24.3 Å². The number of aromatic amines is 1. The molecule has 91 valence electrons. The molecule has 3 radical (unpaired) electrons. The molecule has 0 saturated heterocycles. The fourth-order valence-electron chi connectivity index (χ4n) is 1.94. The van der Waals surface area contributed by atoms with Crippen LogP contribution in [0.1, 0.15) is 0 Å². The second kappa shape index (κ2) is 4.69. The van der Waals surface area contributed by atoms with Gasteiger partial charge in [0.1, 0.15) is 0 Å². The number of phenols is 1. The molecule has 0 spiro atoms. The number of nitrogens with zero attached hydrogens (tertiary/aromatic N) is 1. The van der Waals surface area contributed by atoms with Gasteiger partial charge in [0.25, 0.3) is 0 Å². The Morgan fingerprint density at radius 3 is 2.74 bits per heavy atom. The Morgan fingerprint density at radius 2 is 1.95 bits per heavy atom. The molecule has 0 amide bonds. The summed E-state index contributed by atoms with van der Waals surface area (Å²) in [6.45, 7) is 0. The van der Waals surface area contributed by atoms with E-state index in [4.69, 9.17) is 0 Å². The molecule has 1 aromatic heterocycles. The van der Waals surface area contributed by atoms with Crippen molar-refractivity contribution < 1.29 is 5.11 Å². The summed E-state index contributed by atoms with van der Waals surface area (Å²) in [5.41, 5.74) is 0.966. The number of hydrogen-bond acceptors (Lipinski definition) is 3. The minimum atomic E-state index is -0.187. The van der Waals surface area contributed by atoms with Crippen molar-refractivity contribution in [1.29, 1.82) is 0 Å². The summed E-state index contributed by atoms with van der Waals surface area (Å²) in [4.78, 5) is 19.2. The molecule has 0 unspecified atom stereocenters. The molecule has 2 N–H and O–H groups in total. The van der Waals surface area contributed by atoms with Crippen molar-refractivity contribution in [3.05, 3.63) is 52.8 Å². The van der Waals surface area contributed by atoms with Gasteiger partial charge in [-0.15, -0.1) is 0 Å². The van der Waals surface area contributed by atoms with Gasteiger partial charge in [-0.1, -0.05) is 0 Å². The molecular weight excluding hydrogens is 347 g/mol. The molecule has 3 rings (SSSR count). The molecule has 3 aromatic rings. The van der Waals surface area contributed by atoms with Crippen molar-refractivity contribution in [2.45, 2.75) is 0 Å². The van der Waals surface area contributed by atoms with Gasteiger partial charge in [-0.3, -0.25) is 0 Å². The Labute approximate surface area is 122 Å². The molecule has 0 fully saturated rings. The van der Waals surface area contributed by atoms with E-state index in [0.29, 0.717) is 22.3 Å². The van der Waals surface area contributed by atoms with Gasteiger partial charge in [0.05, 0.1) is 0 Å². The number of benzene rings is 2. The third kappa shape index (κ3) is 2.23. The summed E-state index contributed by atoms with van der Waals surface area (Å²) in [5.74, 6) is 0.481. The Hall–Kier alpha value is -1.82. The average molecular weight is 356 g/mol. The number of H-pyrrole nitrogens is 1. The third-order valence-electron chi connectivity index (χ3n) is 2.86. The Bertz CT molecular complexity index is 827. The van der Waals surface area contributed by atoms with E-state index in [2.05, 4.69) is 9.97 Å². The number of hydrogen-bond donors (Lipinski definition) is 2. The molecular formula is C14H9N2O2Sn. The van der Waals surface area contributed by atoms with E-state index in [1.807, 2.05) is 18.2 Å². The number of nitrogens with one attached hydrogen (secondary N) is 1. The minimum absolute atomic E-state index is 0.0990. The summed E-state index contributed by atoms with van der Waals surface area (Å²) in [7, 11) is 0. The molecule has 4 nitrogen and oxygen atoms in total. The fourth-order valence-corrected chi connectivity index (χ4v) is 2.59. The first-order chi connectivity index (χ1) is 9.15. The first kappa shape index (κ1) is 12.2. The van der Waals surface area contributed by atoms with Gasteiger partial charge in [0.2, 0.25) is 0 Å². The van der Waals surface area contributed by atoms with Crippen LogP contribution < -0.4 is 9.14 Å². The van der Waals surface area contributed by atoms with E-state index in [1.165, 1.54) is 22.5 Å². The van der Waals surface area contributed by atoms with E-state index in [9.17, 15) is 9.90 Å². The zero-order valence-electron chi connectivity index (χ0n) is 9.84. The van der Waals surface area contributed by atoms with Crippen LogP contribution in [-0.4, -0.2) is 37.6 Å². The zero-order valence-corrected chi connectivity index (χ0v) is 12.7. The predicted molar refractivity (Wildman–Crippen MR) is 74.9 cm³/mol. The zero-order chi connectivity index (χ0) is 13.4. The summed E-state index contributed by atoms with van der Waals surface area (Å²) in [5, 5.41) is 10.4. The first-order valence-electron chi connectivity index (χ1n) is 5.69. The van der Waals surface area contributed by atoms with E-state index in [-0.39, 0.29) is 11.3 Å². The molecule has 19 heavy (non-hydrogen) atoms. The second-order valence-electron chi connectivity index (χ2n) is 4.16. The van der Waals surface area contributed by atoms with Crippen molar-refractivity contribution in [2.24, 2.45) is 0 Å². The molecule has 0 atom stereocenters. The van der Waals surface area contributed by atoms with Crippen LogP contribution in [0.25, 0.3) is 22.3 Å². The van der Waals surface area contributed by atoms with Crippen molar-refractivity contribution in [1.82, 2.24) is 9.97 Å². The number of phenolic OH excluding ortho intramolecular Hbond substituents is 1. The van der Waals surface area contributed by atoms with Gasteiger partial charge in [0, 0.05) is 0 Å². The number of aromatic hydroxyl groups is 1. The van der Waals surface area contributed by atoms with Gasteiger partial charge in [-0.2, -0.15) is 0 Å². The summed E-state index contributed by atoms with van der Waals surface area (Å²) in [6.07, 6.45) is 0. The van der Waals surface area contributed by atoms with Gasteiger partial charge in [-0.05, 0) is 0 Å². The molecule has 0 aliphatic heterocycles. The number of fused-ring (bicyclic) bond motifs is 1. The molecule has 5 heteroatoms. The van der Waals surface area contributed by atoms with Crippen LogP contribution in [-0.2, 0) is 0 Å². The molecule has 0 aliphatic rings. The maximum atomic E-state index is 12.1. The van der Waals surface area contributed by atoms with Crippen LogP contribution in [0.15, 0.2) is 47.3 Å². The Morgan fingerprint density at radius 1 is 1.16 bits per heavy atom. The van der Waals surface area contributed by atoms with Gasteiger partial charge in [-0.25, -0.2) is 0 Å². The van der Waals surface area contributed by atoms with Crippen LogP contribution in [0.2, 0.25) is 0 Å². The van der Waals surface area contributed by atoms with Crippen LogP contribution in [0.4, 0.5) is 0 Å². The molecule has 0 aliphatic carbocycles. The number of aromatic nitrogens is 2. The standard InChI is InChI=1S/C14H9N2O2.Sn/c17-12-8-4-2-6-10(12)13-15-11-7-3-1-5-9(11)14(18)16-13;/h2-8,17H,(H,15,16,18);. The van der Waals surface area contributed by atoms with Crippen LogP contribution in [0, 0.1) is 0 Å². The first-order valence-corrected chi connectivity index (χ1v) is 7.12. The summed E-state index contributed by atoms with van der Waals surface area (Å²) < 4.78 is 1.10. The maximum absolute atomic E-state index is 12.1. The molecule has 2 aromatic carbocycles. The van der Waals surface area contributed by atoms with Crippen LogP contribution in [0.3, 0.4) is 0 Å². The van der Waals surface area contributed by atoms with Gasteiger partial charge < -0.3 is 0 Å². The molecule has 0 saturated carbocycles. The topological polar surface area (TPSA) is 66.0 Å². The van der Waals surface area contributed by atoms with E-state index >= 15 is 0 Å². The number of para-hydroxylation sites is 1. The quantitative estimate of drug-likeness (QED) is 0.642. The Balaban J connectivity index is 2.31. The third-order valence-corrected chi connectivity index (χ3v) is 3.75. The summed E-state index contributed by atoms with van der Waals surface area (Å²) >= 11 is 1.26. The van der Waals surface area contributed by atoms with Crippen LogP contribution in [0.5, 0.6) is 5.75 Å². The monoisotopic (exact) mass is 357 g/mol. The molecule has 0 bridgehead atoms. The van der Waals surface area contributed by atoms with E-state index in [0.717, 1.165) is 3.58 Å². The van der Waals surface area contributed by atoms with Gasteiger partial charge >= 0.3 is 122 Å². The fraction of sp³-hybridized carbons (Fsp3) is 0. The normalized spacial score (nSPS) is 10.8. The van der Waals surface area contributed by atoms with Crippen molar-refractivity contribution in [3.8, 4) is 17.1 Å². The SMILES string of the molecule is O=c1[nH]c(-c2ccccc2O)nc2cc[c]([Sn])cc12. The van der Waals surface area contributed by atoms with Gasteiger partial charge in [0.15, 0.2) is 0 Å². The second-order valence-corrected chi connectivity index (χ2v) is 5.81. The predicted octanol–water partition coefficient (Wildman–Crippen LogP) is 1.09. The van der Waals surface area contributed by atoms with Crippen LogP contribution >= 0.6 is 0 Å². The Kier molecular flexibility index (Phi) is 3.02. The molecule has 1 heterocycles. The van der Waals surface area contributed by atoms with Crippen molar-refractivity contribution >= 4 is 37.0 Å². The van der Waals surface area contributed by atoms with Crippen molar-refractivity contribution in [2.75, 3.05) is 0 Å². The average Bonchev–Trinajstić information content (AvgIpc) is 2.40. The van der Waals surface area contributed by atoms with Crippen molar-refractivity contribution in [3.63, 3.8) is 0 Å².